The van der Waals surface area contributed by atoms with Crippen molar-refractivity contribution in [2.75, 3.05) is 79.5 Å². The highest BCUT2D eigenvalue weighted by atomic mass is 16.5. The summed E-state index contributed by atoms with van der Waals surface area (Å²) in [5, 5.41) is 0. The number of fused-ring (bicyclic) bond motifs is 3. The Labute approximate surface area is 673 Å². The van der Waals surface area contributed by atoms with Gasteiger partial charge >= 0.3 is 0 Å². The third-order valence-electron chi connectivity index (χ3n) is 24.1. The summed E-state index contributed by atoms with van der Waals surface area (Å²) in [6.07, 6.45) is 14.7. The van der Waals surface area contributed by atoms with E-state index >= 15 is 0 Å². The number of hydrogen-bond acceptors (Lipinski definition) is 20. The van der Waals surface area contributed by atoms with Crippen molar-refractivity contribution in [3.05, 3.63) is 260 Å². The van der Waals surface area contributed by atoms with Crippen molar-refractivity contribution in [2.24, 2.45) is 17.2 Å². The number of carbonyl (C=O) groups excluding carboxylic acids is 1. The van der Waals surface area contributed by atoms with Crippen LogP contribution in [0.1, 0.15) is 88.3 Å². The van der Waals surface area contributed by atoms with E-state index in [4.69, 9.17) is 69.0 Å². The molecule has 1 atom stereocenters. The van der Waals surface area contributed by atoms with E-state index in [-0.39, 0.29) is 28.4 Å². The summed E-state index contributed by atoms with van der Waals surface area (Å²) in [5.41, 5.74) is 59.4. The van der Waals surface area contributed by atoms with Gasteiger partial charge in [-0.15, -0.1) is 0 Å². The first-order chi connectivity index (χ1) is 56.5. The molecule has 2 saturated heterocycles. The number of hydrogen-bond donors (Lipinski definition) is 6. The second-order valence-corrected chi connectivity index (χ2v) is 31.3. The number of carbonyl (C=O) groups is 1. The monoisotopic (exact) mass is 1540 g/mol. The predicted molar refractivity (Wildman–Crippen MR) is 462 cm³/mol. The van der Waals surface area contributed by atoms with E-state index in [1.54, 1.807) is 25.5 Å². The van der Waals surface area contributed by atoms with Crippen LogP contribution >= 0.6 is 0 Å². The Bertz CT molecular complexity index is 6110. The number of imidazole rings is 3. The largest absolute Gasteiger partial charge is 0.383 e. The molecule has 23 heteroatoms. The van der Waals surface area contributed by atoms with Gasteiger partial charge in [0.25, 0.3) is 0 Å². The Morgan fingerprint density at radius 1 is 0.371 bits per heavy atom. The zero-order valence-corrected chi connectivity index (χ0v) is 65.2. The minimum absolute atomic E-state index is 0.0398. The van der Waals surface area contributed by atoms with Crippen LogP contribution in [-0.2, 0) is 26.1 Å². The number of rotatable bonds is 16. The summed E-state index contributed by atoms with van der Waals surface area (Å²) in [7, 11) is 0. The quantitative estimate of drug-likeness (QED) is 0.0523. The van der Waals surface area contributed by atoms with Crippen LogP contribution in [-0.4, -0.2) is 128 Å². The molecule has 3 aliphatic carbocycles. The maximum absolute atomic E-state index is 11.9. The van der Waals surface area contributed by atoms with Gasteiger partial charge in [0.1, 0.15) is 39.8 Å². The molecule has 0 spiro atoms. The zero-order chi connectivity index (χ0) is 79.2. The average molecular weight is 1540 g/mol. The number of morpholine rings is 1. The summed E-state index contributed by atoms with van der Waals surface area (Å²) in [5.74, 6) is 3.62. The molecule has 11 heterocycles. The summed E-state index contributed by atoms with van der Waals surface area (Å²) in [6.45, 7) is 10.4. The molecule has 5 fully saturated rings. The molecule has 12 N–H and O–H groups in total. The molecular formula is C93H93N21O2. The van der Waals surface area contributed by atoms with Gasteiger partial charge in [-0.3, -0.25) is 23.4 Å². The third-order valence-corrected chi connectivity index (χ3v) is 24.1. The number of Topliss-reactive ketones (excluding diaryl/α,β-unsaturated/α-hetero) is 1. The van der Waals surface area contributed by atoms with E-state index in [2.05, 4.69) is 177 Å². The van der Waals surface area contributed by atoms with E-state index in [1.807, 2.05) is 97.9 Å². The number of aromatic nitrogens is 12. The maximum atomic E-state index is 11.9. The standard InChI is InChI=1S/C35H38N8O.C31H31N7O.C27H24N6/c1-23(24(2)44)41-18-20-42(21-19-41)28-7-3-6-25(22-28)30-13-14-31-34(39-30)43(33(40-31)29-8-4-17-38-32(29)36)27-11-9-26(10-12-27)35(37)15-5-16-35;32-28-25(6-2-15-34-28)29-36-27-12-11-26(21-4-1-5-24(20-21)37-16-18-39-19-17-37)35-30(27)38(29)23-9-7-22(8-10-23)31(33)13-3-14-31;28-24-21(8-4-17-30-24)25-32-23-14-13-22(18-6-2-1-3-7-18)31-26(23)33(25)20-11-9-19(10-12-20)27(29)15-5-16-27/h3-4,6-14,17,22-23H,5,15-16,18-21,37H2,1-2H3,(H2,36,38);1-2,4-12,15,20H,3,13-14,16-19,33H2,(H2,32,34);1-4,6-14,17H,5,15-16,29H2,(H2,28,30). The number of nitrogen functional groups attached to an aromatic ring is 3. The van der Waals surface area contributed by atoms with Gasteiger partial charge in [-0.1, -0.05) is 91.0 Å². The van der Waals surface area contributed by atoms with Gasteiger partial charge in [0.2, 0.25) is 0 Å². The Morgan fingerprint density at radius 3 is 1.05 bits per heavy atom. The lowest BCUT2D eigenvalue weighted by Crippen LogP contribution is -2.51. The molecule has 15 aromatic rings. The fourth-order valence-corrected chi connectivity index (χ4v) is 16.6. The highest BCUT2D eigenvalue weighted by Gasteiger charge is 2.37. The number of anilines is 5. The molecule has 5 aliphatic rings. The molecule has 23 nitrogen and oxygen atoms in total. The minimum atomic E-state index is -0.235. The molecule has 1 unspecified atom stereocenters. The first kappa shape index (κ1) is 74.5. The van der Waals surface area contributed by atoms with Crippen molar-refractivity contribution in [1.82, 2.24) is 63.5 Å². The van der Waals surface area contributed by atoms with Crippen molar-refractivity contribution in [3.8, 4) is 85.0 Å². The minimum Gasteiger partial charge on any atom is -0.383 e. The van der Waals surface area contributed by atoms with Crippen LogP contribution in [0.25, 0.3) is 118 Å². The topological polar surface area (TPSA) is 323 Å². The molecule has 3 saturated carbocycles. The molecule has 2 aliphatic heterocycles. The van der Waals surface area contributed by atoms with Gasteiger partial charge in [0, 0.05) is 120 Å². The smallest absolute Gasteiger partial charge is 0.165 e. The summed E-state index contributed by atoms with van der Waals surface area (Å²) in [6, 6.07) is 76.1. The Morgan fingerprint density at radius 2 is 0.716 bits per heavy atom. The molecule has 9 aromatic heterocycles. The van der Waals surface area contributed by atoms with Crippen LogP contribution < -0.4 is 44.2 Å². The van der Waals surface area contributed by atoms with Gasteiger partial charge in [-0.25, -0.2) is 44.9 Å². The number of pyridine rings is 6. The van der Waals surface area contributed by atoms with Crippen molar-refractivity contribution < 1.29 is 9.53 Å². The molecular weight excluding hydrogens is 1440 g/mol. The second kappa shape index (κ2) is 31.1. The van der Waals surface area contributed by atoms with Gasteiger partial charge in [0.05, 0.1) is 53.0 Å². The van der Waals surface area contributed by atoms with Gasteiger partial charge in [0.15, 0.2) is 34.4 Å². The van der Waals surface area contributed by atoms with Crippen LogP contribution in [0.2, 0.25) is 0 Å². The number of benzene rings is 6. The summed E-state index contributed by atoms with van der Waals surface area (Å²) in [4.78, 5) is 62.1. The number of nitrogens with two attached hydrogens (primary N) is 6. The molecule has 116 heavy (non-hydrogen) atoms. The van der Waals surface area contributed by atoms with E-state index < -0.39 is 0 Å². The lowest BCUT2D eigenvalue weighted by molar-refractivity contribution is -0.121. The van der Waals surface area contributed by atoms with Gasteiger partial charge in [-0.05, 0) is 222 Å². The number of ketones is 1. The lowest BCUT2D eigenvalue weighted by Gasteiger charge is -2.38. The Kier molecular flexibility index (Phi) is 20.0. The van der Waals surface area contributed by atoms with E-state index in [1.165, 1.54) is 24.1 Å². The van der Waals surface area contributed by atoms with Crippen LogP contribution in [0.4, 0.5) is 28.8 Å². The van der Waals surface area contributed by atoms with E-state index in [9.17, 15) is 4.79 Å². The maximum Gasteiger partial charge on any atom is 0.165 e. The molecule has 0 amide bonds. The van der Waals surface area contributed by atoms with Crippen LogP contribution in [0.15, 0.2) is 243 Å². The third kappa shape index (κ3) is 14.4. The number of ether oxygens (including phenoxy) is 1. The summed E-state index contributed by atoms with van der Waals surface area (Å²) >= 11 is 0. The van der Waals surface area contributed by atoms with Gasteiger partial charge in [-0.2, -0.15) is 0 Å². The van der Waals surface area contributed by atoms with E-state index in [0.29, 0.717) is 34.9 Å². The van der Waals surface area contributed by atoms with Crippen molar-refractivity contribution in [1.29, 1.82) is 0 Å². The predicted octanol–water partition coefficient (Wildman–Crippen LogP) is 15.1. The molecule has 0 radical (unpaired) electrons. The molecule has 6 aromatic carbocycles. The fraction of sp³-hybridized carbons (Fsp3) is 0.247. The fourth-order valence-electron chi connectivity index (χ4n) is 16.6. The van der Waals surface area contributed by atoms with Crippen molar-refractivity contribution in [2.45, 2.75) is 94.3 Å². The van der Waals surface area contributed by atoms with Crippen molar-refractivity contribution >= 4 is 68.1 Å². The normalized spacial score (nSPS) is 16.5. The zero-order valence-electron chi connectivity index (χ0n) is 65.2. The van der Waals surface area contributed by atoms with Crippen LogP contribution in [0.5, 0.6) is 0 Å². The first-order valence-electron chi connectivity index (χ1n) is 40.1. The lowest BCUT2D eigenvalue weighted by atomic mass is 9.73. The molecule has 20 rings (SSSR count). The number of nitrogens with zero attached hydrogens (tertiary/aromatic N) is 15. The van der Waals surface area contributed by atoms with Crippen molar-refractivity contribution in [3.63, 3.8) is 0 Å². The SMILES string of the molecule is CC(=O)C(C)N1CCN(c2cccc(-c3ccc4nc(-c5cccnc5N)n(-c5ccc(C6(N)CCC6)cc5)c4n3)c2)CC1.Nc1ncccc1-c1nc2ccc(-c3cccc(N4CCOCC4)c3)nc2n1-c1ccc(C2(N)CCC2)cc1.Nc1ncccc1-c1nc2ccc(-c3ccccc3)nc2n1-c1ccc(C2(N)CCC2)cc1. The Hall–Kier alpha value is -12.9. The van der Waals surface area contributed by atoms with E-state index in [0.717, 1.165) is 215 Å². The van der Waals surface area contributed by atoms with Crippen LogP contribution in [0, 0.1) is 0 Å². The molecule has 0 bridgehead atoms. The molecule has 582 valence electrons. The highest BCUT2D eigenvalue weighted by Crippen LogP contribution is 2.44. The highest BCUT2D eigenvalue weighted by molar-refractivity contribution is 5.88. The Balaban J connectivity index is 0.000000122. The second-order valence-electron chi connectivity index (χ2n) is 31.3. The van der Waals surface area contributed by atoms with Crippen LogP contribution in [0.3, 0.4) is 0 Å². The average Bonchev–Trinajstić information content (AvgIpc) is 1.58. The first-order valence-corrected chi connectivity index (χ1v) is 40.1. The number of piperazine rings is 1. The summed E-state index contributed by atoms with van der Waals surface area (Å²) < 4.78 is 11.7. The van der Waals surface area contributed by atoms with Gasteiger partial charge < -0.3 is 48.9 Å².